The molecule has 0 spiro atoms. The molecule has 0 aliphatic carbocycles. The van der Waals surface area contributed by atoms with Crippen LogP contribution in [0, 0.1) is 0 Å². The van der Waals surface area contributed by atoms with Gasteiger partial charge in [0.1, 0.15) is 19.8 Å². The van der Waals surface area contributed by atoms with Gasteiger partial charge >= 0.3 is 19.8 Å². The van der Waals surface area contributed by atoms with Gasteiger partial charge in [-0.05, 0) is 38.5 Å². The van der Waals surface area contributed by atoms with Gasteiger partial charge in [-0.2, -0.15) is 0 Å². The maximum atomic E-state index is 12.7. The summed E-state index contributed by atoms with van der Waals surface area (Å²) in [5.41, 5.74) is 0. The first kappa shape index (κ1) is 51.8. The number of nitrogens with zero attached hydrogens (tertiary/aromatic N) is 1. The number of carbonyl (C=O) groups excluding carboxylic acids is 2. The molecule has 0 heterocycles. The van der Waals surface area contributed by atoms with Crippen molar-refractivity contribution in [3.05, 3.63) is 12.2 Å². The Balaban J connectivity index is 4.36. The second-order valence-corrected chi connectivity index (χ2v) is 17.5. The summed E-state index contributed by atoms with van der Waals surface area (Å²) in [6.07, 6.45) is 36.8. The van der Waals surface area contributed by atoms with Crippen LogP contribution < -0.4 is 0 Å². The van der Waals surface area contributed by atoms with Crippen LogP contribution >= 0.6 is 7.82 Å². The molecule has 53 heavy (non-hydrogen) atoms. The van der Waals surface area contributed by atoms with Gasteiger partial charge in [-0.25, -0.2) is 4.57 Å². The molecule has 0 fully saturated rings. The van der Waals surface area contributed by atoms with Gasteiger partial charge in [0.15, 0.2) is 6.10 Å². The summed E-state index contributed by atoms with van der Waals surface area (Å²) in [5, 5.41) is 0. The molecular formula is C43H85NO8P+. The highest BCUT2D eigenvalue weighted by molar-refractivity contribution is 7.47. The van der Waals surface area contributed by atoms with Crippen molar-refractivity contribution in [3.8, 4) is 0 Å². The number of quaternary nitrogens is 1. The molecule has 0 aromatic heterocycles. The van der Waals surface area contributed by atoms with Crippen molar-refractivity contribution in [2.24, 2.45) is 0 Å². The zero-order chi connectivity index (χ0) is 39.3. The molecule has 0 aromatic rings. The van der Waals surface area contributed by atoms with E-state index in [0.717, 1.165) is 51.4 Å². The van der Waals surface area contributed by atoms with Crippen LogP contribution in [-0.4, -0.2) is 74.9 Å². The van der Waals surface area contributed by atoms with Crippen LogP contribution in [0.2, 0.25) is 0 Å². The Morgan fingerprint density at radius 3 is 1.40 bits per heavy atom. The molecule has 10 heteroatoms. The third-order valence-electron chi connectivity index (χ3n) is 9.55. The fourth-order valence-corrected chi connectivity index (χ4v) is 6.81. The van der Waals surface area contributed by atoms with E-state index in [1.165, 1.54) is 116 Å². The number of carbonyl (C=O) groups is 2. The first-order chi connectivity index (χ1) is 25.5. The predicted octanol–water partition coefficient (Wildman–Crippen LogP) is 12.2. The second-order valence-electron chi connectivity index (χ2n) is 16.1. The lowest BCUT2D eigenvalue weighted by molar-refractivity contribution is -0.870. The van der Waals surface area contributed by atoms with E-state index in [4.69, 9.17) is 18.5 Å². The first-order valence-electron chi connectivity index (χ1n) is 21.9. The minimum atomic E-state index is -4.37. The third-order valence-corrected chi connectivity index (χ3v) is 10.5. The van der Waals surface area contributed by atoms with Gasteiger partial charge in [-0.15, -0.1) is 0 Å². The molecule has 0 aliphatic heterocycles. The van der Waals surface area contributed by atoms with Gasteiger partial charge in [-0.3, -0.25) is 18.6 Å². The number of ether oxygens (including phenoxy) is 2. The zero-order valence-electron chi connectivity index (χ0n) is 35.3. The molecule has 0 bridgehead atoms. The van der Waals surface area contributed by atoms with E-state index in [0.29, 0.717) is 23.9 Å². The SMILES string of the molecule is CCCCCCCCC/C=C\CCCCCCCC(=O)OC(COC(=O)CCCCCCCCCCCCCCC)COP(=O)(O)OCC[N+](C)(C)C. The van der Waals surface area contributed by atoms with Crippen LogP contribution in [0.15, 0.2) is 12.2 Å². The number of phosphoric acid groups is 1. The fourth-order valence-electron chi connectivity index (χ4n) is 6.07. The summed E-state index contributed by atoms with van der Waals surface area (Å²) >= 11 is 0. The van der Waals surface area contributed by atoms with Crippen molar-refractivity contribution in [2.75, 3.05) is 47.5 Å². The van der Waals surface area contributed by atoms with Gasteiger partial charge < -0.3 is 18.9 Å². The van der Waals surface area contributed by atoms with E-state index >= 15 is 0 Å². The monoisotopic (exact) mass is 775 g/mol. The molecule has 314 valence electrons. The van der Waals surface area contributed by atoms with Crippen LogP contribution in [0.5, 0.6) is 0 Å². The highest BCUT2D eigenvalue weighted by Gasteiger charge is 2.27. The molecule has 0 saturated carbocycles. The van der Waals surface area contributed by atoms with E-state index in [1.807, 2.05) is 21.1 Å². The van der Waals surface area contributed by atoms with Crippen molar-refractivity contribution in [2.45, 2.75) is 206 Å². The number of unbranched alkanes of at least 4 members (excludes halogenated alkanes) is 24. The molecule has 2 atom stereocenters. The summed E-state index contributed by atoms with van der Waals surface area (Å²) in [6, 6.07) is 0. The zero-order valence-corrected chi connectivity index (χ0v) is 36.2. The van der Waals surface area contributed by atoms with Gasteiger partial charge in [-0.1, -0.05) is 161 Å². The lowest BCUT2D eigenvalue weighted by Gasteiger charge is -2.24. The van der Waals surface area contributed by atoms with Crippen LogP contribution in [0.1, 0.15) is 200 Å². The molecule has 0 aliphatic rings. The highest BCUT2D eigenvalue weighted by atomic mass is 31.2. The number of likely N-dealkylation sites (N-methyl/N-ethyl adjacent to an activating group) is 1. The molecular weight excluding hydrogens is 689 g/mol. The highest BCUT2D eigenvalue weighted by Crippen LogP contribution is 2.43. The summed E-state index contributed by atoms with van der Waals surface area (Å²) in [4.78, 5) is 35.3. The summed E-state index contributed by atoms with van der Waals surface area (Å²) in [5.74, 6) is -0.800. The predicted molar refractivity (Wildman–Crippen MR) is 220 cm³/mol. The average molecular weight is 775 g/mol. The van der Waals surface area contributed by atoms with Gasteiger partial charge in [0.05, 0.1) is 27.7 Å². The maximum absolute atomic E-state index is 12.7. The van der Waals surface area contributed by atoms with Crippen molar-refractivity contribution in [3.63, 3.8) is 0 Å². The fraction of sp³-hybridized carbons (Fsp3) is 0.907. The Hall–Kier alpha value is -1.25. The maximum Gasteiger partial charge on any atom is 0.472 e. The van der Waals surface area contributed by atoms with Crippen molar-refractivity contribution >= 4 is 19.8 Å². The van der Waals surface area contributed by atoms with Gasteiger partial charge in [0.2, 0.25) is 0 Å². The Labute approximate surface area is 326 Å². The second kappa shape index (κ2) is 36.4. The molecule has 0 radical (unpaired) electrons. The number of esters is 2. The minimum Gasteiger partial charge on any atom is -0.462 e. The first-order valence-corrected chi connectivity index (χ1v) is 23.4. The molecule has 0 amide bonds. The topological polar surface area (TPSA) is 108 Å². The smallest absolute Gasteiger partial charge is 0.462 e. The quantitative estimate of drug-likeness (QED) is 0.0215. The molecule has 1 N–H and O–H groups in total. The average Bonchev–Trinajstić information content (AvgIpc) is 3.10. The van der Waals surface area contributed by atoms with Crippen molar-refractivity contribution < 1.29 is 42.1 Å². The number of phosphoric ester groups is 1. The standard InChI is InChI=1S/C43H84NO8P/c1-6-8-10-12-14-16-18-20-21-22-24-26-28-30-32-34-36-43(46)52-41(40-51-53(47,48)50-38-37-44(3,4)5)39-49-42(45)35-33-31-29-27-25-23-19-17-15-13-11-9-7-2/h21-22,41H,6-20,23-40H2,1-5H3/p+1/b22-21-. The number of hydrogen-bond acceptors (Lipinski definition) is 7. The Morgan fingerprint density at radius 1 is 0.566 bits per heavy atom. The minimum absolute atomic E-state index is 0.0331. The molecule has 9 nitrogen and oxygen atoms in total. The third kappa shape index (κ3) is 40.2. The Bertz CT molecular complexity index is 922. The van der Waals surface area contributed by atoms with E-state index in [1.54, 1.807) is 0 Å². The Kier molecular flexibility index (Phi) is 35.5. The lowest BCUT2D eigenvalue weighted by Crippen LogP contribution is -2.37. The van der Waals surface area contributed by atoms with Crippen LogP contribution in [0.3, 0.4) is 0 Å². The van der Waals surface area contributed by atoms with E-state index in [9.17, 15) is 19.0 Å². The molecule has 0 aromatic carbocycles. The van der Waals surface area contributed by atoms with E-state index in [-0.39, 0.29) is 25.6 Å². The summed E-state index contributed by atoms with van der Waals surface area (Å²) in [6.45, 7) is 4.43. The van der Waals surface area contributed by atoms with Gasteiger partial charge in [0, 0.05) is 12.8 Å². The van der Waals surface area contributed by atoms with Crippen LogP contribution in [0.25, 0.3) is 0 Å². The normalized spacial score (nSPS) is 13.7. The van der Waals surface area contributed by atoms with E-state index < -0.39 is 26.5 Å². The van der Waals surface area contributed by atoms with Crippen molar-refractivity contribution in [1.29, 1.82) is 0 Å². The van der Waals surface area contributed by atoms with E-state index in [2.05, 4.69) is 26.0 Å². The van der Waals surface area contributed by atoms with Crippen LogP contribution in [-0.2, 0) is 32.7 Å². The summed E-state index contributed by atoms with van der Waals surface area (Å²) < 4.78 is 34.3. The van der Waals surface area contributed by atoms with Crippen LogP contribution in [0.4, 0.5) is 0 Å². The lowest BCUT2D eigenvalue weighted by atomic mass is 10.0. The van der Waals surface area contributed by atoms with Crippen molar-refractivity contribution in [1.82, 2.24) is 0 Å². The summed E-state index contributed by atoms with van der Waals surface area (Å²) in [7, 11) is 1.48. The largest absolute Gasteiger partial charge is 0.472 e. The number of allylic oxidation sites excluding steroid dienone is 2. The van der Waals surface area contributed by atoms with Gasteiger partial charge in [0.25, 0.3) is 0 Å². The Morgan fingerprint density at radius 2 is 0.962 bits per heavy atom. The number of hydrogen-bond donors (Lipinski definition) is 1. The molecule has 2 unspecified atom stereocenters. The number of rotatable bonds is 40. The molecule has 0 rings (SSSR count). The molecule has 0 saturated heterocycles.